The fourth-order valence-corrected chi connectivity index (χ4v) is 3.00. The number of carbonyl (C=O) groups is 3. The van der Waals surface area contributed by atoms with E-state index in [2.05, 4.69) is 9.47 Å². The maximum atomic E-state index is 12.2. The van der Waals surface area contributed by atoms with E-state index in [1.54, 1.807) is 24.3 Å². The number of hydrogen-bond donors (Lipinski definition) is 2. The minimum absolute atomic E-state index is 0.209. The average molecular weight is 414 g/mol. The van der Waals surface area contributed by atoms with Crippen molar-refractivity contribution in [3.8, 4) is 11.5 Å². The molecular formula is C23H26O7. The Morgan fingerprint density at radius 1 is 0.733 bits per heavy atom. The maximum absolute atomic E-state index is 12.2. The first-order valence-corrected chi connectivity index (χ1v) is 9.70. The number of ether oxygens (including phenoxy) is 2. The summed E-state index contributed by atoms with van der Waals surface area (Å²) in [4.78, 5) is 36.4. The van der Waals surface area contributed by atoms with E-state index in [1.165, 1.54) is 12.1 Å². The fraction of sp³-hybridized carbons (Fsp3) is 0.348. The lowest BCUT2D eigenvalue weighted by atomic mass is 9.99. The molecule has 0 aliphatic rings. The van der Waals surface area contributed by atoms with Gasteiger partial charge in [-0.1, -0.05) is 52.0 Å². The molecule has 30 heavy (non-hydrogen) atoms. The summed E-state index contributed by atoms with van der Waals surface area (Å²) in [5.41, 5.74) is 0.658. The highest BCUT2D eigenvalue weighted by molar-refractivity contribution is 6.02. The summed E-state index contributed by atoms with van der Waals surface area (Å²) in [6.45, 7) is 7.83. The second-order valence-corrected chi connectivity index (χ2v) is 7.85. The molecule has 0 amide bonds. The molecule has 2 aromatic carbocycles. The monoisotopic (exact) mass is 414 g/mol. The third kappa shape index (κ3) is 5.83. The topological polar surface area (TPSA) is 110 Å². The minimum atomic E-state index is -1.55. The molecule has 160 valence electrons. The first-order valence-electron chi connectivity index (χ1n) is 9.70. The molecule has 2 N–H and O–H groups in total. The van der Waals surface area contributed by atoms with Crippen molar-refractivity contribution in [2.24, 2.45) is 11.8 Å². The molecule has 7 nitrogen and oxygen atoms in total. The van der Waals surface area contributed by atoms with E-state index in [0.717, 1.165) is 0 Å². The zero-order valence-electron chi connectivity index (χ0n) is 17.5. The van der Waals surface area contributed by atoms with Crippen LogP contribution in [0.2, 0.25) is 0 Å². The summed E-state index contributed by atoms with van der Waals surface area (Å²) >= 11 is 0. The van der Waals surface area contributed by atoms with Crippen LogP contribution in [0.3, 0.4) is 0 Å². The molecule has 7 heteroatoms. The fourth-order valence-electron chi connectivity index (χ4n) is 3.00. The van der Waals surface area contributed by atoms with Crippen molar-refractivity contribution < 1.29 is 34.1 Å². The molecule has 0 unspecified atom stereocenters. The van der Waals surface area contributed by atoms with Gasteiger partial charge in [-0.3, -0.25) is 0 Å². The van der Waals surface area contributed by atoms with Crippen LogP contribution in [-0.4, -0.2) is 28.3 Å². The third-order valence-electron chi connectivity index (χ3n) is 4.29. The highest BCUT2D eigenvalue weighted by atomic mass is 16.8. The van der Waals surface area contributed by atoms with Gasteiger partial charge in [0.25, 0.3) is 0 Å². The number of aromatic hydroxyl groups is 2. The maximum Gasteiger partial charge on any atom is 0.524 e. The van der Waals surface area contributed by atoms with Gasteiger partial charge in [-0.05, 0) is 47.9 Å². The van der Waals surface area contributed by atoms with Gasteiger partial charge >= 0.3 is 18.1 Å². The highest BCUT2D eigenvalue weighted by Crippen LogP contribution is 2.27. The van der Waals surface area contributed by atoms with Crippen molar-refractivity contribution in [3.63, 3.8) is 0 Å². The van der Waals surface area contributed by atoms with E-state index < -0.39 is 18.1 Å². The number of carbonyl (C=O) groups excluding carboxylic acids is 3. The smallest absolute Gasteiger partial charge is 0.507 e. The van der Waals surface area contributed by atoms with E-state index in [4.69, 9.17) is 0 Å². The summed E-state index contributed by atoms with van der Waals surface area (Å²) in [6, 6.07) is 9.06. The molecule has 0 saturated carbocycles. The molecule has 0 fully saturated rings. The van der Waals surface area contributed by atoms with Gasteiger partial charge in [-0.2, -0.15) is 0 Å². The van der Waals surface area contributed by atoms with Gasteiger partial charge < -0.3 is 19.7 Å². The molecule has 0 heterocycles. The van der Waals surface area contributed by atoms with Crippen molar-refractivity contribution in [2.75, 3.05) is 0 Å². The molecule has 0 bridgehead atoms. The zero-order valence-corrected chi connectivity index (χ0v) is 17.5. The number of phenolic OH excluding ortho intramolecular Hbond substituents is 2. The van der Waals surface area contributed by atoms with Gasteiger partial charge in [0.2, 0.25) is 0 Å². The molecule has 0 aliphatic heterocycles. The molecule has 0 atom stereocenters. The molecule has 2 rings (SSSR count). The second-order valence-electron chi connectivity index (χ2n) is 7.85. The van der Waals surface area contributed by atoms with Crippen LogP contribution in [0.1, 0.15) is 59.5 Å². The van der Waals surface area contributed by atoms with Crippen molar-refractivity contribution >= 4 is 18.1 Å². The van der Waals surface area contributed by atoms with Gasteiger partial charge in [-0.25, -0.2) is 14.4 Å². The van der Waals surface area contributed by atoms with Gasteiger partial charge in [0.1, 0.15) is 22.6 Å². The quantitative estimate of drug-likeness (QED) is 0.524. The number of hydrogen-bond acceptors (Lipinski definition) is 7. The molecule has 0 saturated heterocycles. The van der Waals surface area contributed by atoms with Gasteiger partial charge in [0.15, 0.2) is 0 Å². The summed E-state index contributed by atoms with van der Waals surface area (Å²) in [5, 5.41) is 20.5. The highest BCUT2D eigenvalue weighted by Gasteiger charge is 2.24. The number of phenols is 2. The Morgan fingerprint density at radius 2 is 1.10 bits per heavy atom. The van der Waals surface area contributed by atoms with Crippen LogP contribution < -0.4 is 0 Å². The summed E-state index contributed by atoms with van der Waals surface area (Å²) in [5.74, 6) is -2.38. The normalized spacial score (nSPS) is 10.9. The zero-order chi connectivity index (χ0) is 22.4. The Hall–Kier alpha value is -3.35. The Kier molecular flexibility index (Phi) is 7.58. The van der Waals surface area contributed by atoms with Crippen LogP contribution in [-0.2, 0) is 22.3 Å². The number of esters is 2. The van der Waals surface area contributed by atoms with Crippen molar-refractivity contribution in [1.29, 1.82) is 0 Å². The van der Waals surface area contributed by atoms with Crippen molar-refractivity contribution in [1.82, 2.24) is 0 Å². The predicted octanol–water partition coefficient (Wildman–Crippen LogP) is 4.63. The molecule has 2 aromatic rings. The average Bonchev–Trinajstić information content (AvgIpc) is 2.64. The lowest BCUT2D eigenvalue weighted by Crippen LogP contribution is -2.18. The second kappa shape index (κ2) is 9.91. The van der Waals surface area contributed by atoms with Crippen LogP contribution in [0.5, 0.6) is 11.5 Å². The Bertz CT molecular complexity index is 869. The molecule has 0 aliphatic carbocycles. The minimum Gasteiger partial charge on any atom is -0.507 e. The van der Waals surface area contributed by atoms with Crippen LogP contribution in [0, 0.1) is 11.8 Å². The summed E-state index contributed by atoms with van der Waals surface area (Å²) in [7, 11) is 0. The van der Waals surface area contributed by atoms with Gasteiger partial charge in [0, 0.05) is 0 Å². The number of benzene rings is 2. The van der Waals surface area contributed by atoms with Crippen molar-refractivity contribution in [3.05, 3.63) is 58.7 Å². The van der Waals surface area contributed by atoms with Crippen LogP contribution >= 0.6 is 0 Å². The summed E-state index contributed by atoms with van der Waals surface area (Å²) < 4.78 is 9.08. The van der Waals surface area contributed by atoms with E-state index >= 15 is 0 Å². The van der Waals surface area contributed by atoms with Crippen LogP contribution in [0.25, 0.3) is 0 Å². The van der Waals surface area contributed by atoms with Crippen LogP contribution in [0.4, 0.5) is 4.79 Å². The van der Waals surface area contributed by atoms with Crippen LogP contribution in [0.15, 0.2) is 36.4 Å². The Morgan fingerprint density at radius 3 is 1.43 bits per heavy atom. The first kappa shape index (κ1) is 22.9. The Balaban J connectivity index is 2.09. The largest absolute Gasteiger partial charge is 0.524 e. The van der Waals surface area contributed by atoms with Gasteiger partial charge in [0.05, 0.1) is 0 Å². The SMILES string of the molecule is CC(C)Cc1cccc(C(=O)OC(=O)OC(=O)c2cccc(CC(C)C)c2O)c1O. The molecule has 0 aromatic heterocycles. The molecule has 0 radical (unpaired) electrons. The molecular weight excluding hydrogens is 388 g/mol. The number of rotatable bonds is 6. The summed E-state index contributed by atoms with van der Waals surface area (Å²) in [6.07, 6.45) is -0.489. The lowest BCUT2D eigenvalue weighted by Gasteiger charge is -2.11. The van der Waals surface area contributed by atoms with E-state index in [-0.39, 0.29) is 34.5 Å². The first-order chi connectivity index (χ1) is 14.1. The van der Waals surface area contributed by atoms with Gasteiger partial charge in [-0.15, -0.1) is 0 Å². The predicted molar refractivity (Wildman–Crippen MR) is 110 cm³/mol. The van der Waals surface area contributed by atoms with E-state index in [1.807, 2.05) is 27.7 Å². The van der Waals surface area contributed by atoms with E-state index in [9.17, 15) is 24.6 Å². The number of para-hydroxylation sites is 2. The third-order valence-corrected chi connectivity index (χ3v) is 4.29. The van der Waals surface area contributed by atoms with E-state index in [0.29, 0.717) is 24.0 Å². The van der Waals surface area contributed by atoms with Crippen molar-refractivity contribution in [2.45, 2.75) is 40.5 Å². The Labute approximate surface area is 175 Å². The lowest BCUT2D eigenvalue weighted by molar-refractivity contribution is 0.0335. The standard InChI is InChI=1S/C23H26O7/c1-13(2)11-15-7-5-9-17(19(15)24)21(26)29-23(28)30-22(27)18-10-6-8-16(20(18)25)12-14(3)4/h5-10,13-14,24-25H,11-12H2,1-4H3. The molecule has 0 spiro atoms.